The van der Waals surface area contributed by atoms with Gasteiger partial charge in [-0.2, -0.15) is 0 Å². The van der Waals surface area contributed by atoms with Crippen molar-refractivity contribution in [2.45, 2.75) is 26.8 Å². The molecule has 4 rings (SSSR count). The summed E-state index contributed by atoms with van der Waals surface area (Å²) >= 11 is 0. The minimum Gasteiger partial charge on any atom is -0.336 e. The Bertz CT molecular complexity index is 911. The molecule has 126 valence electrons. The predicted octanol–water partition coefficient (Wildman–Crippen LogP) is 3.32. The summed E-state index contributed by atoms with van der Waals surface area (Å²) in [6, 6.07) is 6.22. The maximum atomic E-state index is 13.2. The number of carbonyl (C=O) groups excluding carboxylic acids is 3. The van der Waals surface area contributed by atoms with Crippen LogP contribution in [0.15, 0.2) is 60.0 Å². The van der Waals surface area contributed by atoms with Gasteiger partial charge in [-0.3, -0.25) is 14.4 Å². The zero-order chi connectivity index (χ0) is 17.9. The molecule has 0 aromatic heterocycles. The molecule has 0 spiro atoms. The van der Waals surface area contributed by atoms with Gasteiger partial charge in [-0.05, 0) is 12.2 Å². The van der Waals surface area contributed by atoms with Crippen LogP contribution in [0.5, 0.6) is 0 Å². The van der Waals surface area contributed by atoms with E-state index >= 15 is 0 Å². The summed E-state index contributed by atoms with van der Waals surface area (Å²) < 4.78 is 0. The maximum absolute atomic E-state index is 13.2. The summed E-state index contributed by atoms with van der Waals surface area (Å²) in [5.41, 5.74) is 1.37. The number of nitrogens with zero attached hydrogens (tertiary/aromatic N) is 1. The monoisotopic (exact) mass is 333 g/mol. The normalized spacial score (nSPS) is 24.4. The molecule has 0 bridgehead atoms. The zero-order valence-corrected chi connectivity index (χ0v) is 14.4. The second kappa shape index (κ2) is 5.12. The average Bonchev–Trinajstić information content (AvgIpc) is 2.93. The number of allylic oxidation sites excluding steroid dienone is 3. The molecule has 0 saturated carbocycles. The number of carbonyl (C=O) groups is 3. The van der Waals surface area contributed by atoms with Crippen LogP contribution in [0, 0.1) is 11.3 Å². The van der Waals surface area contributed by atoms with Crippen LogP contribution in [0.3, 0.4) is 0 Å². The molecule has 2 atom stereocenters. The molecule has 1 aliphatic carbocycles. The lowest BCUT2D eigenvalue weighted by Crippen LogP contribution is -2.46. The first-order valence-electron chi connectivity index (χ1n) is 8.42. The fourth-order valence-electron chi connectivity index (χ4n) is 3.86. The minimum atomic E-state index is -0.739. The van der Waals surface area contributed by atoms with Crippen molar-refractivity contribution >= 4 is 17.3 Å². The molecule has 0 radical (unpaired) electrons. The molecule has 0 unspecified atom stereocenters. The SMILES string of the molecule is CC(C)(C)C(=O)C1=C2C=CC=CN2[C@@H]2C(=O)c3ccccc3C(=O)[C@@H]12. The van der Waals surface area contributed by atoms with Crippen LogP contribution in [0.2, 0.25) is 0 Å². The molecule has 0 saturated heterocycles. The van der Waals surface area contributed by atoms with E-state index in [0.717, 1.165) is 0 Å². The van der Waals surface area contributed by atoms with Gasteiger partial charge in [0.05, 0.1) is 5.92 Å². The second-order valence-electron chi connectivity index (χ2n) is 7.68. The van der Waals surface area contributed by atoms with Crippen molar-refractivity contribution in [2.75, 3.05) is 0 Å². The Kier molecular flexibility index (Phi) is 3.23. The zero-order valence-electron chi connectivity index (χ0n) is 14.4. The van der Waals surface area contributed by atoms with E-state index in [2.05, 4.69) is 0 Å². The molecule has 2 aliphatic heterocycles. The topological polar surface area (TPSA) is 54.5 Å². The molecule has 0 N–H and O–H groups in total. The van der Waals surface area contributed by atoms with Crippen molar-refractivity contribution in [1.82, 2.24) is 4.90 Å². The quantitative estimate of drug-likeness (QED) is 0.791. The molecule has 1 aromatic carbocycles. The lowest BCUT2D eigenvalue weighted by Gasteiger charge is -2.32. The summed E-state index contributed by atoms with van der Waals surface area (Å²) in [6.45, 7) is 5.52. The van der Waals surface area contributed by atoms with Gasteiger partial charge < -0.3 is 4.90 Å². The number of rotatable bonds is 1. The van der Waals surface area contributed by atoms with Crippen LogP contribution in [-0.2, 0) is 4.79 Å². The largest absolute Gasteiger partial charge is 0.336 e. The van der Waals surface area contributed by atoms with Crippen molar-refractivity contribution in [3.8, 4) is 0 Å². The number of benzene rings is 1. The summed E-state index contributed by atoms with van der Waals surface area (Å²) in [7, 11) is 0. The van der Waals surface area contributed by atoms with Crippen LogP contribution < -0.4 is 0 Å². The first kappa shape index (κ1) is 15.8. The molecular weight excluding hydrogens is 314 g/mol. The lowest BCUT2D eigenvalue weighted by molar-refractivity contribution is -0.122. The highest BCUT2D eigenvalue weighted by Gasteiger charge is 2.54. The second-order valence-corrected chi connectivity index (χ2v) is 7.68. The molecule has 4 nitrogen and oxygen atoms in total. The molecule has 2 heterocycles. The summed E-state index contributed by atoms with van der Waals surface area (Å²) in [4.78, 5) is 41.3. The van der Waals surface area contributed by atoms with Gasteiger partial charge in [-0.25, -0.2) is 0 Å². The van der Waals surface area contributed by atoms with Crippen LogP contribution in [-0.4, -0.2) is 28.3 Å². The third kappa shape index (κ3) is 2.10. The minimum absolute atomic E-state index is 0.0829. The molecule has 0 amide bonds. The number of ketones is 3. The van der Waals surface area contributed by atoms with Gasteiger partial charge in [-0.15, -0.1) is 0 Å². The van der Waals surface area contributed by atoms with Crippen molar-refractivity contribution < 1.29 is 14.4 Å². The Morgan fingerprint density at radius 1 is 1.00 bits per heavy atom. The average molecular weight is 333 g/mol. The van der Waals surface area contributed by atoms with Crippen LogP contribution in [0.4, 0.5) is 0 Å². The Labute approximate surface area is 146 Å². The number of Topliss-reactive ketones (excluding diaryl/α,β-unsaturated/α-hetero) is 3. The highest BCUT2D eigenvalue weighted by molar-refractivity contribution is 6.22. The van der Waals surface area contributed by atoms with E-state index in [1.165, 1.54) is 0 Å². The van der Waals surface area contributed by atoms with E-state index in [0.29, 0.717) is 22.4 Å². The van der Waals surface area contributed by atoms with Gasteiger partial charge in [-0.1, -0.05) is 51.1 Å². The smallest absolute Gasteiger partial charge is 0.187 e. The number of fused-ring (bicyclic) bond motifs is 4. The molecule has 0 fully saturated rings. The standard InChI is InChI=1S/C21H19NO3/c1-21(2,3)20(25)15-14-10-6-7-11-22(14)17-16(15)18(23)12-8-4-5-9-13(12)19(17)24/h4-11,16-17H,1-3H3/t16-,17-/m0/s1. The molecular formula is C21H19NO3. The van der Waals surface area contributed by atoms with Crippen molar-refractivity contribution in [3.63, 3.8) is 0 Å². The van der Waals surface area contributed by atoms with Gasteiger partial charge in [0.2, 0.25) is 0 Å². The van der Waals surface area contributed by atoms with Crippen molar-refractivity contribution in [3.05, 3.63) is 71.1 Å². The summed E-state index contributed by atoms with van der Waals surface area (Å²) in [6.07, 6.45) is 7.27. The number of hydrogen-bond acceptors (Lipinski definition) is 4. The van der Waals surface area contributed by atoms with E-state index in [-0.39, 0.29) is 17.3 Å². The van der Waals surface area contributed by atoms with Crippen LogP contribution in [0.25, 0.3) is 0 Å². The van der Waals surface area contributed by atoms with Crippen molar-refractivity contribution in [1.29, 1.82) is 0 Å². The van der Waals surface area contributed by atoms with E-state index in [1.807, 2.05) is 39.0 Å². The Balaban J connectivity index is 1.95. The molecule has 1 aromatic rings. The van der Waals surface area contributed by atoms with E-state index < -0.39 is 17.4 Å². The Morgan fingerprint density at radius 2 is 1.64 bits per heavy atom. The van der Waals surface area contributed by atoms with Crippen molar-refractivity contribution in [2.24, 2.45) is 11.3 Å². The van der Waals surface area contributed by atoms with Crippen LogP contribution >= 0.6 is 0 Å². The summed E-state index contributed by atoms with van der Waals surface area (Å²) in [5.74, 6) is -1.07. The van der Waals surface area contributed by atoms with Gasteiger partial charge in [0.15, 0.2) is 17.3 Å². The third-order valence-electron chi connectivity index (χ3n) is 5.03. The van der Waals surface area contributed by atoms with Gasteiger partial charge in [0.1, 0.15) is 6.04 Å². The Hall–Kier alpha value is -2.75. The summed E-state index contributed by atoms with van der Waals surface area (Å²) in [5, 5.41) is 0. The highest BCUT2D eigenvalue weighted by atomic mass is 16.1. The Morgan fingerprint density at radius 3 is 2.28 bits per heavy atom. The molecule has 4 heteroatoms. The fourth-order valence-corrected chi connectivity index (χ4v) is 3.86. The van der Waals surface area contributed by atoms with E-state index in [1.54, 1.807) is 35.4 Å². The van der Waals surface area contributed by atoms with Gasteiger partial charge in [0, 0.05) is 34.0 Å². The predicted molar refractivity (Wildman–Crippen MR) is 94.0 cm³/mol. The third-order valence-corrected chi connectivity index (χ3v) is 5.03. The lowest BCUT2D eigenvalue weighted by atomic mass is 9.72. The van der Waals surface area contributed by atoms with E-state index in [9.17, 15) is 14.4 Å². The first-order chi connectivity index (χ1) is 11.8. The number of hydrogen-bond donors (Lipinski definition) is 0. The van der Waals surface area contributed by atoms with Gasteiger partial charge >= 0.3 is 0 Å². The molecule has 3 aliphatic rings. The first-order valence-corrected chi connectivity index (χ1v) is 8.42. The fraction of sp³-hybridized carbons (Fsp3) is 0.286. The molecule has 25 heavy (non-hydrogen) atoms. The highest BCUT2D eigenvalue weighted by Crippen LogP contribution is 2.45. The maximum Gasteiger partial charge on any atom is 0.187 e. The van der Waals surface area contributed by atoms with Gasteiger partial charge in [0.25, 0.3) is 0 Å². The van der Waals surface area contributed by atoms with Crippen LogP contribution in [0.1, 0.15) is 41.5 Å². The van der Waals surface area contributed by atoms with E-state index in [4.69, 9.17) is 0 Å².